The predicted molar refractivity (Wildman–Crippen MR) is 94.9 cm³/mol. The molecule has 0 radical (unpaired) electrons. The van der Waals surface area contributed by atoms with Crippen LogP contribution in [0.1, 0.15) is 41.0 Å². The summed E-state index contributed by atoms with van der Waals surface area (Å²) in [6.07, 6.45) is 4.27. The molecule has 0 saturated carbocycles. The van der Waals surface area contributed by atoms with Crippen LogP contribution in [-0.4, -0.2) is 22.1 Å². The van der Waals surface area contributed by atoms with E-state index < -0.39 is 5.97 Å². The number of imidazole rings is 1. The number of para-hydroxylation sites is 2. The zero-order valence-corrected chi connectivity index (χ0v) is 14.3. The molecule has 130 valence electrons. The summed E-state index contributed by atoms with van der Waals surface area (Å²) in [6.45, 7) is 1.57. The molecule has 0 atom stereocenters. The maximum Gasteiger partial charge on any atom is 0.110 e. The number of carbonyl (C=O) groups excluding carboxylic acids is 1. The summed E-state index contributed by atoms with van der Waals surface area (Å²) in [4.78, 5) is 15.9. The van der Waals surface area contributed by atoms with Gasteiger partial charge in [0.1, 0.15) is 5.82 Å². The summed E-state index contributed by atoms with van der Waals surface area (Å²) in [7, 11) is 0. The van der Waals surface area contributed by atoms with E-state index in [0.717, 1.165) is 54.6 Å². The van der Waals surface area contributed by atoms with Crippen LogP contribution in [0, 0.1) is 0 Å². The van der Waals surface area contributed by atoms with E-state index in [9.17, 15) is 9.90 Å². The van der Waals surface area contributed by atoms with Gasteiger partial charge in [-0.15, -0.1) is 0 Å². The summed E-state index contributed by atoms with van der Waals surface area (Å²) < 4.78 is 2.19. The molecule has 3 N–H and O–H groups in total. The van der Waals surface area contributed by atoms with Crippen molar-refractivity contribution in [3.05, 3.63) is 65.5 Å². The van der Waals surface area contributed by atoms with Crippen LogP contribution in [-0.2, 0) is 13.0 Å². The van der Waals surface area contributed by atoms with Gasteiger partial charge in [0, 0.05) is 13.0 Å². The number of carboxylic acid groups (broad SMARTS) is 1. The number of benzene rings is 2. The summed E-state index contributed by atoms with van der Waals surface area (Å²) in [6, 6.07) is 15.0. The number of fused-ring (bicyclic) bond motifs is 1. The van der Waals surface area contributed by atoms with E-state index in [1.54, 1.807) is 18.2 Å². The fourth-order valence-electron chi connectivity index (χ4n) is 3.11. The van der Waals surface area contributed by atoms with Crippen molar-refractivity contribution in [1.82, 2.24) is 9.55 Å². The molecule has 0 fully saturated rings. The second kappa shape index (κ2) is 7.94. The number of hydrogen-bond donors (Lipinski definition) is 1. The van der Waals surface area contributed by atoms with Gasteiger partial charge in [-0.25, -0.2) is 4.98 Å². The molecular formula is C20H23N3O2. The molecule has 1 heterocycles. The number of rotatable bonds is 8. The molecule has 0 unspecified atom stereocenters. The van der Waals surface area contributed by atoms with Crippen LogP contribution in [0.3, 0.4) is 0 Å². The lowest BCUT2D eigenvalue weighted by Crippen LogP contribution is -2.50. The Labute approximate surface area is 147 Å². The van der Waals surface area contributed by atoms with Crippen LogP contribution in [0.5, 0.6) is 0 Å². The van der Waals surface area contributed by atoms with Crippen molar-refractivity contribution in [3.8, 4) is 0 Å². The fourth-order valence-corrected chi connectivity index (χ4v) is 3.11. The highest BCUT2D eigenvalue weighted by molar-refractivity contribution is 5.85. The minimum atomic E-state index is -1.15. The molecule has 2 aromatic carbocycles. The molecule has 25 heavy (non-hydrogen) atoms. The number of unbranched alkanes of at least 4 members (excludes halogenated alkanes) is 2. The van der Waals surface area contributed by atoms with Crippen molar-refractivity contribution < 1.29 is 15.6 Å². The molecule has 3 aromatic rings. The molecule has 5 heteroatoms. The quantitative estimate of drug-likeness (QED) is 0.631. The van der Waals surface area contributed by atoms with Crippen molar-refractivity contribution >= 4 is 17.0 Å². The van der Waals surface area contributed by atoms with E-state index >= 15 is 0 Å². The molecule has 5 nitrogen and oxygen atoms in total. The van der Waals surface area contributed by atoms with Gasteiger partial charge in [0.25, 0.3) is 0 Å². The Bertz CT molecular complexity index is 870. The van der Waals surface area contributed by atoms with Crippen LogP contribution in [0.2, 0.25) is 0 Å². The number of carbonyl (C=O) groups is 1. The van der Waals surface area contributed by atoms with Crippen molar-refractivity contribution in [1.29, 1.82) is 0 Å². The first-order valence-electron chi connectivity index (χ1n) is 8.72. The number of carboxylic acids is 1. The number of aromatic nitrogens is 2. The molecule has 1 aromatic heterocycles. The van der Waals surface area contributed by atoms with E-state index in [-0.39, 0.29) is 5.56 Å². The molecule has 3 rings (SSSR count). The second-order valence-corrected chi connectivity index (χ2v) is 6.25. The average molecular weight is 337 g/mol. The Hall–Kier alpha value is -2.66. The highest BCUT2D eigenvalue weighted by Gasteiger charge is 2.11. The summed E-state index contributed by atoms with van der Waals surface area (Å²) in [5.41, 5.74) is 7.08. The van der Waals surface area contributed by atoms with Gasteiger partial charge >= 0.3 is 0 Å². The van der Waals surface area contributed by atoms with E-state index in [1.807, 2.05) is 24.3 Å². The highest BCUT2D eigenvalue weighted by Crippen LogP contribution is 2.20. The normalized spacial score (nSPS) is 11.1. The van der Waals surface area contributed by atoms with Crippen molar-refractivity contribution in [2.45, 2.75) is 32.2 Å². The van der Waals surface area contributed by atoms with Crippen LogP contribution >= 0.6 is 0 Å². The third-order valence-electron chi connectivity index (χ3n) is 4.39. The summed E-state index contributed by atoms with van der Waals surface area (Å²) >= 11 is 0. The molecule has 0 amide bonds. The minimum Gasteiger partial charge on any atom is -0.545 e. The van der Waals surface area contributed by atoms with Crippen molar-refractivity contribution in [2.24, 2.45) is 0 Å². The standard InChI is InChI=1S/C20H23N3O2/c21-12-5-1-2-11-19-22-17-9-3-4-10-18(17)23(19)14-15-7-6-8-16(13-15)20(24)25/h3-4,6-10,13H,1-2,5,11-12,14,21H2,(H,24,25). The first kappa shape index (κ1) is 17.2. The smallest absolute Gasteiger partial charge is 0.110 e. The van der Waals surface area contributed by atoms with Crippen molar-refractivity contribution in [2.75, 3.05) is 6.54 Å². The van der Waals surface area contributed by atoms with Crippen LogP contribution in [0.4, 0.5) is 0 Å². The summed E-state index contributed by atoms with van der Waals surface area (Å²) in [5.74, 6) is -0.102. The number of aryl methyl sites for hydroxylation is 1. The predicted octanol–water partition coefficient (Wildman–Crippen LogP) is 1.40. The minimum absolute atomic E-state index is 0.207. The van der Waals surface area contributed by atoms with Gasteiger partial charge in [0.15, 0.2) is 0 Å². The molecule has 0 bridgehead atoms. The molecule has 0 spiro atoms. The molecule has 0 saturated heterocycles. The van der Waals surface area contributed by atoms with Gasteiger partial charge in [-0.3, -0.25) is 0 Å². The van der Waals surface area contributed by atoms with Gasteiger partial charge in [-0.2, -0.15) is 0 Å². The van der Waals surface area contributed by atoms with Crippen LogP contribution in [0.15, 0.2) is 48.5 Å². The molecule has 0 aliphatic rings. The SMILES string of the molecule is [NH3+]CCCCCc1nc2ccccc2n1Cc1cccc(C(=O)[O-])c1. The Kier molecular flexibility index (Phi) is 5.46. The Balaban J connectivity index is 1.90. The molecular weight excluding hydrogens is 314 g/mol. The lowest BCUT2D eigenvalue weighted by Gasteiger charge is -2.11. The zero-order valence-electron chi connectivity index (χ0n) is 14.3. The van der Waals surface area contributed by atoms with Gasteiger partial charge in [-0.05, 0) is 48.6 Å². The lowest BCUT2D eigenvalue weighted by molar-refractivity contribution is -0.368. The van der Waals surface area contributed by atoms with Gasteiger partial charge in [0.2, 0.25) is 0 Å². The summed E-state index contributed by atoms with van der Waals surface area (Å²) in [5, 5.41) is 11.1. The number of aromatic carboxylic acids is 1. The van der Waals surface area contributed by atoms with Gasteiger partial charge in [0.05, 0.1) is 23.5 Å². The van der Waals surface area contributed by atoms with Gasteiger partial charge in [-0.1, -0.05) is 30.3 Å². The van der Waals surface area contributed by atoms with Crippen LogP contribution < -0.4 is 10.8 Å². The Morgan fingerprint density at radius 3 is 2.72 bits per heavy atom. The average Bonchev–Trinajstić information content (AvgIpc) is 2.97. The maximum atomic E-state index is 11.1. The largest absolute Gasteiger partial charge is 0.545 e. The highest BCUT2D eigenvalue weighted by atomic mass is 16.4. The van der Waals surface area contributed by atoms with Crippen LogP contribution in [0.25, 0.3) is 11.0 Å². The third-order valence-corrected chi connectivity index (χ3v) is 4.39. The fraction of sp³-hybridized carbons (Fsp3) is 0.300. The Morgan fingerprint density at radius 1 is 1.08 bits per heavy atom. The zero-order chi connectivity index (χ0) is 17.6. The number of nitrogens with zero attached hydrogens (tertiary/aromatic N) is 2. The molecule has 0 aliphatic carbocycles. The monoisotopic (exact) mass is 337 g/mol. The lowest BCUT2D eigenvalue weighted by atomic mass is 10.1. The first-order valence-corrected chi connectivity index (χ1v) is 8.72. The maximum absolute atomic E-state index is 11.1. The number of quaternary nitrogens is 1. The first-order chi connectivity index (χ1) is 12.2. The van der Waals surface area contributed by atoms with E-state index in [4.69, 9.17) is 4.98 Å². The van der Waals surface area contributed by atoms with E-state index in [2.05, 4.69) is 16.4 Å². The van der Waals surface area contributed by atoms with E-state index in [0.29, 0.717) is 6.54 Å². The van der Waals surface area contributed by atoms with Gasteiger partial charge < -0.3 is 20.2 Å². The molecule has 0 aliphatic heterocycles. The number of hydrogen-bond acceptors (Lipinski definition) is 3. The Morgan fingerprint density at radius 2 is 1.92 bits per heavy atom. The second-order valence-electron chi connectivity index (χ2n) is 6.25. The topological polar surface area (TPSA) is 85.6 Å². The van der Waals surface area contributed by atoms with E-state index in [1.165, 1.54) is 0 Å². The van der Waals surface area contributed by atoms with Crippen molar-refractivity contribution in [3.63, 3.8) is 0 Å². The third kappa shape index (κ3) is 4.06.